The number of nitrogens with one attached hydrogen (secondary N) is 1. The van der Waals surface area contributed by atoms with Crippen molar-refractivity contribution >= 4 is 11.8 Å². The Morgan fingerprint density at radius 1 is 0.963 bits per heavy atom. The standard InChI is InChI=1S/C22H27N3O2/c26-21(18-9-6-10-20(15-18)24-12-4-5-13-24)23-19-11-14-25(16-19)22(27)17-7-2-1-3-8-17/h4-6,9-10,12-13,15,17,19H,1-3,7-8,11,14,16H2,(H,23,26). The first-order valence-electron chi connectivity index (χ1n) is 10.0. The van der Waals surface area contributed by atoms with Crippen molar-refractivity contribution in [2.24, 2.45) is 5.92 Å². The molecule has 0 spiro atoms. The number of carbonyl (C=O) groups is 2. The lowest BCUT2D eigenvalue weighted by Crippen LogP contribution is -2.40. The van der Waals surface area contributed by atoms with E-state index in [0.29, 0.717) is 18.0 Å². The lowest BCUT2D eigenvalue weighted by Gasteiger charge is -2.26. The van der Waals surface area contributed by atoms with Gasteiger partial charge in [-0.2, -0.15) is 0 Å². The fourth-order valence-electron chi connectivity index (χ4n) is 4.27. The van der Waals surface area contributed by atoms with Crippen molar-refractivity contribution in [3.05, 3.63) is 54.4 Å². The maximum absolute atomic E-state index is 12.7. The highest BCUT2D eigenvalue weighted by Crippen LogP contribution is 2.26. The fourth-order valence-corrected chi connectivity index (χ4v) is 4.27. The molecule has 142 valence electrons. The van der Waals surface area contributed by atoms with Crippen LogP contribution in [-0.2, 0) is 4.79 Å². The van der Waals surface area contributed by atoms with Gasteiger partial charge in [-0.1, -0.05) is 25.3 Å². The summed E-state index contributed by atoms with van der Waals surface area (Å²) in [6.45, 7) is 1.39. The minimum Gasteiger partial charge on any atom is -0.347 e. The minimum atomic E-state index is -0.0685. The average molecular weight is 365 g/mol. The molecule has 5 nitrogen and oxygen atoms in total. The summed E-state index contributed by atoms with van der Waals surface area (Å²) in [4.78, 5) is 27.3. The second-order valence-electron chi connectivity index (χ2n) is 7.72. The van der Waals surface area contributed by atoms with Gasteiger partial charge in [-0.3, -0.25) is 9.59 Å². The number of aromatic nitrogens is 1. The topological polar surface area (TPSA) is 54.3 Å². The van der Waals surface area contributed by atoms with E-state index in [9.17, 15) is 9.59 Å². The quantitative estimate of drug-likeness (QED) is 0.903. The van der Waals surface area contributed by atoms with Crippen LogP contribution in [0.1, 0.15) is 48.9 Å². The number of hydrogen-bond donors (Lipinski definition) is 1. The summed E-state index contributed by atoms with van der Waals surface area (Å²) >= 11 is 0. The molecule has 2 aliphatic rings. The Labute approximate surface area is 160 Å². The Bertz CT molecular complexity index is 794. The van der Waals surface area contributed by atoms with E-state index < -0.39 is 0 Å². The van der Waals surface area contributed by atoms with Crippen LogP contribution in [-0.4, -0.2) is 40.4 Å². The van der Waals surface area contributed by atoms with Gasteiger partial charge >= 0.3 is 0 Å². The van der Waals surface area contributed by atoms with Gasteiger partial charge in [0.05, 0.1) is 0 Å². The molecule has 1 saturated heterocycles. The Balaban J connectivity index is 1.35. The molecule has 1 N–H and O–H groups in total. The summed E-state index contributed by atoms with van der Waals surface area (Å²) in [5.41, 5.74) is 1.62. The summed E-state index contributed by atoms with van der Waals surface area (Å²) in [5, 5.41) is 3.11. The molecule has 4 rings (SSSR count). The second-order valence-corrected chi connectivity index (χ2v) is 7.72. The maximum atomic E-state index is 12.7. The third kappa shape index (κ3) is 4.07. The third-order valence-corrected chi connectivity index (χ3v) is 5.80. The van der Waals surface area contributed by atoms with E-state index in [-0.39, 0.29) is 17.9 Å². The third-order valence-electron chi connectivity index (χ3n) is 5.80. The molecule has 1 atom stereocenters. The highest BCUT2D eigenvalue weighted by Gasteiger charge is 2.32. The normalized spacial score (nSPS) is 20.6. The monoisotopic (exact) mass is 365 g/mol. The van der Waals surface area contributed by atoms with Crippen LogP contribution in [0.2, 0.25) is 0 Å². The lowest BCUT2D eigenvalue weighted by molar-refractivity contribution is -0.135. The average Bonchev–Trinajstić information content (AvgIpc) is 3.40. The van der Waals surface area contributed by atoms with E-state index >= 15 is 0 Å². The van der Waals surface area contributed by atoms with Gasteiger partial charge in [0.25, 0.3) is 5.91 Å². The van der Waals surface area contributed by atoms with Crippen molar-refractivity contribution in [1.29, 1.82) is 0 Å². The van der Waals surface area contributed by atoms with Gasteiger partial charge in [-0.05, 0) is 49.6 Å². The van der Waals surface area contributed by atoms with Gasteiger partial charge in [-0.15, -0.1) is 0 Å². The number of hydrogen-bond acceptors (Lipinski definition) is 2. The van der Waals surface area contributed by atoms with E-state index in [1.54, 1.807) is 0 Å². The zero-order valence-corrected chi connectivity index (χ0v) is 15.6. The van der Waals surface area contributed by atoms with Crippen molar-refractivity contribution in [2.75, 3.05) is 13.1 Å². The van der Waals surface area contributed by atoms with Gasteiger partial charge < -0.3 is 14.8 Å². The van der Waals surface area contributed by atoms with Crippen LogP contribution in [0.3, 0.4) is 0 Å². The van der Waals surface area contributed by atoms with Crippen LogP contribution in [0, 0.1) is 5.92 Å². The van der Waals surface area contributed by atoms with Crippen molar-refractivity contribution in [1.82, 2.24) is 14.8 Å². The van der Waals surface area contributed by atoms with Crippen LogP contribution in [0.25, 0.3) is 5.69 Å². The van der Waals surface area contributed by atoms with E-state index in [4.69, 9.17) is 0 Å². The summed E-state index contributed by atoms with van der Waals surface area (Å²) in [7, 11) is 0. The van der Waals surface area contributed by atoms with Gasteiger partial charge in [0.1, 0.15) is 0 Å². The van der Waals surface area contributed by atoms with Crippen LogP contribution in [0.15, 0.2) is 48.8 Å². The molecule has 2 heterocycles. The van der Waals surface area contributed by atoms with Crippen LogP contribution in [0.4, 0.5) is 0 Å². The fraction of sp³-hybridized carbons (Fsp3) is 0.455. The van der Waals surface area contributed by atoms with E-state index in [2.05, 4.69) is 5.32 Å². The molecule has 0 bridgehead atoms. The predicted octanol–water partition coefficient (Wildman–Crippen LogP) is 3.39. The zero-order chi connectivity index (χ0) is 18.6. The molecule has 2 amide bonds. The Morgan fingerprint density at radius 2 is 1.74 bits per heavy atom. The van der Waals surface area contributed by atoms with Crippen molar-refractivity contribution < 1.29 is 9.59 Å². The number of likely N-dealkylation sites (tertiary alicyclic amines) is 1. The zero-order valence-electron chi connectivity index (χ0n) is 15.6. The molecule has 1 unspecified atom stereocenters. The van der Waals surface area contributed by atoms with Crippen LogP contribution in [0.5, 0.6) is 0 Å². The number of benzene rings is 1. The minimum absolute atomic E-state index is 0.0419. The Kier molecular flexibility index (Phi) is 5.28. The Morgan fingerprint density at radius 3 is 2.52 bits per heavy atom. The smallest absolute Gasteiger partial charge is 0.251 e. The molecule has 1 aliphatic carbocycles. The molecule has 27 heavy (non-hydrogen) atoms. The first-order chi connectivity index (χ1) is 13.2. The van der Waals surface area contributed by atoms with Gasteiger partial charge in [-0.25, -0.2) is 0 Å². The molecule has 1 saturated carbocycles. The molecule has 1 aromatic carbocycles. The summed E-state index contributed by atoms with van der Waals surface area (Å²) in [5.74, 6) is 0.425. The molecule has 1 aromatic heterocycles. The molecule has 2 aromatic rings. The molecular formula is C22H27N3O2. The largest absolute Gasteiger partial charge is 0.347 e. The maximum Gasteiger partial charge on any atom is 0.251 e. The SMILES string of the molecule is O=C(NC1CCN(C(=O)C2CCCCC2)C1)c1cccc(-n2cccc2)c1. The number of amides is 2. The summed E-state index contributed by atoms with van der Waals surface area (Å²) < 4.78 is 1.98. The molecule has 2 fully saturated rings. The van der Waals surface area contributed by atoms with Crippen molar-refractivity contribution in [3.8, 4) is 5.69 Å². The number of nitrogens with zero attached hydrogens (tertiary/aromatic N) is 2. The summed E-state index contributed by atoms with van der Waals surface area (Å²) in [6, 6.07) is 11.6. The second kappa shape index (κ2) is 7.99. The van der Waals surface area contributed by atoms with Gasteiger partial charge in [0.15, 0.2) is 0 Å². The van der Waals surface area contributed by atoms with E-state index in [1.165, 1.54) is 19.3 Å². The van der Waals surface area contributed by atoms with E-state index in [0.717, 1.165) is 31.5 Å². The molecule has 1 aliphatic heterocycles. The molecular weight excluding hydrogens is 338 g/mol. The van der Waals surface area contributed by atoms with Crippen molar-refractivity contribution in [2.45, 2.75) is 44.6 Å². The van der Waals surface area contributed by atoms with E-state index in [1.807, 2.05) is 58.3 Å². The molecule has 5 heteroatoms. The lowest BCUT2D eigenvalue weighted by atomic mass is 9.88. The van der Waals surface area contributed by atoms with Crippen LogP contribution >= 0.6 is 0 Å². The first-order valence-corrected chi connectivity index (χ1v) is 10.0. The summed E-state index contributed by atoms with van der Waals surface area (Å²) in [6.07, 6.45) is 10.4. The molecule has 0 radical (unpaired) electrons. The van der Waals surface area contributed by atoms with Gasteiger partial charge in [0.2, 0.25) is 5.91 Å². The van der Waals surface area contributed by atoms with Crippen LogP contribution < -0.4 is 5.32 Å². The number of rotatable bonds is 4. The predicted molar refractivity (Wildman–Crippen MR) is 105 cm³/mol. The highest BCUT2D eigenvalue weighted by atomic mass is 16.2. The highest BCUT2D eigenvalue weighted by molar-refractivity contribution is 5.95. The number of carbonyl (C=O) groups excluding carboxylic acids is 2. The van der Waals surface area contributed by atoms with Crippen molar-refractivity contribution in [3.63, 3.8) is 0 Å². The Hall–Kier alpha value is -2.56. The van der Waals surface area contributed by atoms with Gasteiger partial charge in [0, 0.05) is 48.7 Å². The first kappa shape index (κ1) is 17.8.